The van der Waals surface area contributed by atoms with Crippen LogP contribution in [0.3, 0.4) is 0 Å². The molecule has 0 saturated carbocycles. The average Bonchev–Trinajstić information content (AvgIpc) is 2.97. The van der Waals surface area contributed by atoms with Crippen LogP contribution >= 0.6 is 11.8 Å². The summed E-state index contributed by atoms with van der Waals surface area (Å²) in [6.07, 6.45) is 0.104. The first kappa shape index (κ1) is 16.8. The van der Waals surface area contributed by atoms with Gasteiger partial charge in [-0.3, -0.25) is 9.59 Å². The number of thioether (sulfide) groups is 1. The molecule has 3 rings (SSSR count). The number of amidine groups is 1. The van der Waals surface area contributed by atoms with Crippen LogP contribution in [-0.4, -0.2) is 60.5 Å². The van der Waals surface area contributed by atoms with Crippen molar-refractivity contribution in [3.8, 4) is 5.75 Å². The minimum Gasteiger partial charge on any atom is -0.497 e. The standard InChI is InChI=1S/C16H19N3O4S/c1-22-12-4-2-11(3-5-12)17-14(20)10-13-15(21)18-16(24-13)19-6-8-23-9-7-19/h2-5,13H,6-10H2,1H3,(H,17,20). The van der Waals surface area contributed by atoms with Gasteiger partial charge in [0.1, 0.15) is 11.0 Å². The molecule has 0 bridgehead atoms. The second-order valence-electron chi connectivity index (χ2n) is 5.42. The second-order valence-corrected chi connectivity index (χ2v) is 6.59. The maximum atomic E-state index is 12.2. The Morgan fingerprint density at radius 2 is 2.08 bits per heavy atom. The van der Waals surface area contributed by atoms with E-state index in [0.29, 0.717) is 24.1 Å². The van der Waals surface area contributed by atoms with Crippen molar-refractivity contribution >= 4 is 34.4 Å². The number of methoxy groups -OCH3 is 1. The van der Waals surface area contributed by atoms with E-state index in [9.17, 15) is 9.59 Å². The van der Waals surface area contributed by atoms with E-state index >= 15 is 0 Å². The molecule has 2 aliphatic rings. The number of benzene rings is 1. The molecule has 2 aliphatic heterocycles. The molecule has 8 heteroatoms. The summed E-state index contributed by atoms with van der Waals surface area (Å²) in [6, 6.07) is 7.06. The third-order valence-corrected chi connectivity index (χ3v) is 4.97. The summed E-state index contributed by atoms with van der Waals surface area (Å²) in [5.74, 6) is 0.272. The molecular formula is C16H19N3O4S. The molecule has 1 saturated heterocycles. The Labute approximate surface area is 144 Å². The molecular weight excluding hydrogens is 330 g/mol. The summed E-state index contributed by atoms with van der Waals surface area (Å²) in [4.78, 5) is 30.3. The van der Waals surface area contributed by atoms with Crippen LogP contribution in [0.4, 0.5) is 5.69 Å². The van der Waals surface area contributed by atoms with Gasteiger partial charge < -0.3 is 19.7 Å². The maximum absolute atomic E-state index is 12.2. The van der Waals surface area contributed by atoms with Gasteiger partial charge in [-0.15, -0.1) is 0 Å². The van der Waals surface area contributed by atoms with Gasteiger partial charge in [0, 0.05) is 25.2 Å². The number of carbonyl (C=O) groups is 2. The number of carbonyl (C=O) groups excluding carboxylic acids is 2. The molecule has 1 unspecified atom stereocenters. The molecule has 24 heavy (non-hydrogen) atoms. The highest BCUT2D eigenvalue weighted by Gasteiger charge is 2.33. The van der Waals surface area contributed by atoms with E-state index in [-0.39, 0.29) is 18.2 Å². The summed E-state index contributed by atoms with van der Waals surface area (Å²) >= 11 is 1.36. The van der Waals surface area contributed by atoms with Gasteiger partial charge in [0.05, 0.1) is 20.3 Å². The Morgan fingerprint density at radius 3 is 2.75 bits per heavy atom. The lowest BCUT2D eigenvalue weighted by molar-refractivity contribution is -0.121. The van der Waals surface area contributed by atoms with Crippen molar-refractivity contribution in [3.63, 3.8) is 0 Å². The van der Waals surface area contributed by atoms with Crippen molar-refractivity contribution in [2.45, 2.75) is 11.7 Å². The molecule has 2 amide bonds. The predicted molar refractivity (Wildman–Crippen MR) is 92.5 cm³/mol. The highest BCUT2D eigenvalue weighted by molar-refractivity contribution is 8.15. The van der Waals surface area contributed by atoms with Gasteiger partial charge in [0.2, 0.25) is 5.91 Å². The molecule has 128 valence electrons. The number of aliphatic imine (C=N–C) groups is 1. The number of morpholine rings is 1. The van der Waals surface area contributed by atoms with E-state index in [2.05, 4.69) is 10.3 Å². The van der Waals surface area contributed by atoms with Crippen molar-refractivity contribution in [2.75, 3.05) is 38.7 Å². The third kappa shape index (κ3) is 4.07. The van der Waals surface area contributed by atoms with Crippen LogP contribution in [-0.2, 0) is 14.3 Å². The van der Waals surface area contributed by atoms with Gasteiger partial charge in [0.15, 0.2) is 5.17 Å². The number of amides is 2. The highest BCUT2D eigenvalue weighted by atomic mass is 32.2. The van der Waals surface area contributed by atoms with Gasteiger partial charge in [-0.25, -0.2) is 0 Å². The normalized spacial score (nSPS) is 20.7. The fraction of sp³-hybridized carbons (Fsp3) is 0.438. The fourth-order valence-corrected chi connectivity index (χ4v) is 3.57. The Bertz CT molecular complexity index is 641. The van der Waals surface area contributed by atoms with E-state index in [1.807, 2.05) is 4.90 Å². The van der Waals surface area contributed by atoms with Crippen LogP contribution in [0, 0.1) is 0 Å². The van der Waals surface area contributed by atoms with Crippen LogP contribution in [0.2, 0.25) is 0 Å². The van der Waals surface area contributed by atoms with Crippen molar-refractivity contribution in [1.29, 1.82) is 0 Å². The molecule has 1 fully saturated rings. The van der Waals surface area contributed by atoms with Crippen LogP contribution < -0.4 is 10.1 Å². The molecule has 0 spiro atoms. The summed E-state index contributed by atoms with van der Waals surface area (Å²) in [5.41, 5.74) is 0.672. The monoisotopic (exact) mass is 349 g/mol. The quantitative estimate of drug-likeness (QED) is 0.884. The van der Waals surface area contributed by atoms with Gasteiger partial charge in [-0.1, -0.05) is 11.8 Å². The largest absolute Gasteiger partial charge is 0.497 e. The maximum Gasteiger partial charge on any atom is 0.262 e. The van der Waals surface area contributed by atoms with Crippen LogP contribution in [0.5, 0.6) is 5.75 Å². The SMILES string of the molecule is COc1ccc(NC(=O)CC2SC(N3CCOCC3)=NC2=O)cc1. The van der Waals surface area contributed by atoms with Gasteiger partial charge in [0.25, 0.3) is 5.91 Å². The van der Waals surface area contributed by atoms with E-state index < -0.39 is 5.25 Å². The predicted octanol–water partition coefficient (Wildman–Crippen LogP) is 1.35. The van der Waals surface area contributed by atoms with Crippen molar-refractivity contribution in [3.05, 3.63) is 24.3 Å². The second kappa shape index (κ2) is 7.67. The number of hydrogen-bond donors (Lipinski definition) is 1. The first-order valence-electron chi connectivity index (χ1n) is 7.71. The first-order valence-corrected chi connectivity index (χ1v) is 8.59. The molecule has 1 aromatic carbocycles. The smallest absolute Gasteiger partial charge is 0.262 e. The molecule has 0 radical (unpaired) electrons. The van der Waals surface area contributed by atoms with Crippen LogP contribution in [0.15, 0.2) is 29.3 Å². The summed E-state index contributed by atoms with van der Waals surface area (Å²) in [5, 5.41) is 3.03. The zero-order valence-electron chi connectivity index (χ0n) is 13.4. The number of rotatable bonds is 4. The lowest BCUT2D eigenvalue weighted by Crippen LogP contribution is -2.39. The Balaban J connectivity index is 1.52. The topological polar surface area (TPSA) is 80.2 Å². The Kier molecular flexibility index (Phi) is 5.37. The Morgan fingerprint density at radius 1 is 1.38 bits per heavy atom. The zero-order chi connectivity index (χ0) is 16.9. The summed E-state index contributed by atoms with van der Waals surface area (Å²) < 4.78 is 10.4. The van der Waals surface area contributed by atoms with E-state index in [0.717, 1.165) is 18.8 Å². The van der Waals surface area contributed by atoms with Crippen LogP contribution in [0.25, 0.3) is 0 Å². The lowest BCUT2D eigenvalue weighted by atomic mass is 10.2. The third-order valence-electron chi connectivity index (χ3n) is 3.76. The number of ether oxygens (including phenoxy) is 2. The minimum absolute atomic E-state index is 0.104. The van der Waals surface area contributed by atoms with E-state index in [1.54, 1.807) is 31.4 Å². The molecule has 2 heterocycles. The molecule has 1 atom stereocenters. The zero-order valence-corrected chi connectivity index (χ0v) is 14.2. The molecule has 7 nitrogen and oxygen atoms in total. The number of hydrogen-bond acceptors (Lipinski definition) is 6. The number of anilines is 1. The van der Waals surface area contributed by atoms with Crippen molar-refractivity contribution in [2.24, 2.45) is 4.99 Å². The molecule has 0 aromatic heterocycles. The molecule has 0 aliphatic carbocycles. The highest BCUT2D eigenvalue weighted by Crippen LogP contribution is 2.28. The minimum atomic E-state index is -0.457. The summed E-state index contributed by atoms with van der Waals surface area (Å²) in [7, 11) is 1.59. The van der Waals surface area contributed by atoms with Crippen molar-refractivity contribution in [1.82, 2.24) is 4.90 Å². The molecule has 1 aromatic rings. The van der Waals surface area contributed by atoms with E-state index in [1.165, 1.54) is 11.8 Å². The number of nitrogens with one attached hydrogen (secondary N) is 1. The molecule has 1 N–H and O–H groups in total. The lowest BCUT2D eigenvalue weighted by Gasteiger charge is -2.27. The first-order chi connectivity index (χ1) is 11.7. The van der Waals surface area contributed by atoms with Gasteiger partial charge >= 0.3 is 0 Å². The van der Waals surface area contributed by atoms with Crippen LogP contribution in [0.1, 0.15) is 6.42 Å². The average molecular weight is 349 g/mol. The number of nitrogens with zero attached hydrogens (tertiary/aromatic N) is 2. The van der Waals surface area contributed by atoms with Gasteiger partial charge in [-0.05, 0) is 24.3 Å². The summed E-state index contributed by atoms with van der Waals surface area (Å²) in [6.45, 7) is 2.72. The Hall–Kier alpha value is -2.06. The van der Waals surface area contributed by atoms with E-state index in [4.69, 9.17) is 9.47 Å². The fourth-order valence-electron chi connectivity index (χ4n) is 2.45. The van der Waals surface area contributed by atoms with Gasteiger partial charge in [-0.2, -0.15) is 4.99 Å². The van der Waals surface area contributed by atoms with Crippen molar-refractivity contribution < 1.29 is 19.1 Å².